The molecule has 1 heterocycles. The highest BCUT2D eigenvalue weighted by molar-refractivity contribution is 6.42. The molecule has 222 valence electrons. The van der Waals surface area contributed by atoms with E-state index in [2.05, 4.69) is 5.32 Å². The Hall–Kier alpha value is -2.94. The number of carbonyl (C=O) groups is 2. The van der Waals surface area contributed by atoms with E-state index in [9.17, 15) is 4.79 Å². The summed E-state index contributed by atoms with van der Waals surface area (Å²) in [7, 11) is 0. The number of nitrogens with zero attached hydrogens (tertiary/aromatic N) is 1. The summed E-state index contributed by atoms with van der Waals surface area (Å²) in [4.78, 5) is 24.2. The SMILES string of the molecule is O=C(C1=C(c2ccc(OCCOc3cc(Cl)ccc3Cl)cc2)CCNC1)N(Cc1cccc(Cl)c1Cl)C1CC1.O=CO. The summed E-state index contributed by atoms with van der Waals surface area (Å²) in [5, 5.41) is 12.3. The molecule has 2 N–H and O–H groups in total. The normalized spacial score (nSPS) is 14.5. The zero-order valence-electron chi connectivity index (χ0n) is 22.6. The number of hydrogen-bond donors (Lipinski definition) is 2. The van der Waals surface area contributed by atoms with Gasteiger partial charge in [0.2, 0.25) is 0 Å². The lowest BCUT2D eigenvalue weighted by Crippen LogP contribution is -2.39. The van der Waals surface area contributed by atoms with E-state index in [1.54, 1.807) is 24.3 Å². The van der Waals surface area contributed by atoms with Crippen molar-refractivity contribution in [3.8, 4) is 11.5 Å². The number of carbonyl (C=O) groups excluding carboxylic acids is 1. The molecule has 1 amide bonds. The van der Waals surface area contributed by atoms with Gasteiger partial charge in [-0.05, 0) is 72.8 Å². The molecule has 3 aromatic rings. The fourth-order valence-electron chi connectivity index (χ4n) is 4.64. The molecule has 7 nitrogen and oxygen atoms in total. The molecule has 2 aliphatic rings. The highest BCUT2D eigenvalue weighted by atomic mass is 35.5. The third-order valence-electron chi connectivity index (χ3n) is 6.80. The molecule has 0 aromatic heterocycles. The van der Waals surface area contributed by atoms with Gasteiger partial charge in [-0.3, -0.25) is 9.59 Å². The summed E-state index contributed by atoms with van der Waals surface area (Å²) in [5.74, 6) is 1.29. The van der Waals surface area contributed by atoms with Gasteiger partial charge in [-0.1, -0.05) is 70.7 Å². The fraction of sp³-hybridized carbons (Fsp3) is 0.290. The van der Waals surface area contributed by atoms with Crippen LogP contribution >= 0.6 is 46.4 Å². The van der Waals surface area contributed by atoms with Crippen LogP contribution < -0.4 is 14.8 Å². The molecule has 0 radical (unpaired) electrons. The maximum Gasteiger partial charge on any atom is 0.290 e. The van der Waals surface area contributed by atoms with Crippen molar-refractivity contribution >= 4 is 64.4 Å². The van der Waals surface area contributed by atoms with E-state index in [0.717, 1.165) is 53.8 Å². The second-order valence-electron chi connectivity index (χ2n) is 9.66. The van der Waals surface area contributed by atoms with Crippen molar-refractivity contribution < 1.29 is 24.2 Å². The van der Waals surface area contributed by atoms with Crippen LogP contribution in [0.15, 0.2) is 66.2 Å². The Kier molecular flexibility index (Phi) is 11.8. The molecular weight excluding hydrogens is 622 g/mol. The lowest BCUT2D eigenvalue weighted by molar-refractivity contribution is -0.128. The van der Waals surface area contributed by atoms with Gasteiger partial charge in [0.25, 0.3) is 12.4 Å². The van der Waals surface area contributed by atoms with Crippen LogP contribution in [-0.2, 0) is 16.1 Å². The van der Waals surface area contributed by atoms with Crippen LogP contribution in [-0.4, -0.2) is 54.7 Å². The Morgan fingerprint density at radius 3 is 2.40 bits per heavy atom. The first-order valence-electron chi connectivity index (χ1n) is 13.4. The highest BCUT2D eigenvalue weighted by Gasteiger charge is 2.35. The summed E-state index contributed by atoms with van der Waals surface area (Å²) in [6.45, 7) is 2.21. The standard InChI is InChI=1S/C30H28Cl4N2O3.CH2O2/c31-21-6-11-26(32)28(16-21)39-15-14-38-23-9-4-19(5-10-23)24-12-13-35-17-25(24)30(37)36(22-7-8-22)18-20-2-1-3-27(33)29(20)34;2-1-3/h1-6,9-11,16,22,35H,7-8,12-15,17-18H2;1H,(H,2,3). The molecule has 0 bridgehead atoms. The molecule has 1 aliphatic carbocycles. The average Bonchev–Trinajstić information content (AvgIpc) is 3.84. The summed E-state index contributed by atoms with van der Waals surface area (Å²) < 4.78 is 11.5. The fourth-order valence-corrected chi connectivity index (χ4v) is 5.35. The summed E-state index contributed by atoms with van der Waals surface area (Å²) in [6, 6.07) is 18.7. The quantitative estimate of drug-likeness (QED) is 0.175. The van der Waals surface area contributed by atoms with Crippen LogP contribution in [0.25, 0.3) is 5.57 Å². The van der Waals surface area contributed by atoms with Crippen molar-refractivity contribution in [3.05, 3.63) is 97.5 Å². The van der Waals surface area contributed by atoms with Gasteiger partial charge in [0.15, 0.2) is 0 Å². The number of rotatable bonds is 10. The van der Waals surface area contributed by atoms with Gasteiger partial charge in [-0.15, -0.1) is 0 Å². The zero-order chi connectivity index (χ0) is 30.1. The average molecular weight is 652 g/mol. The first kappa shape index (κ1) is 32.0. The van der Waals surface area contributed by atoms with Crippen molar-refractivity contribution in [1.29, 1.82) is 0 Å². The third-order valence-corrected chi connectivity index (χ3v) is 8.21. The summed E-state index contributed by atoms with van der Waals surface area (Å²) in [5.41, 5.74) is 3.74. The number of hydrogen-bond acceptors (Lipinski definition) is 5. The van der Waals surface area contributed by atoms with E-state index in [-0.39, 0.29) is 18.4 Å². The van der Waals surface area contributed by atoms with Crippen molar-refractivity contribution in [2.45, 2.75) is 31.8 Å². The molecule has 1 fully saturated rings. The number of ether oxygens (including phenoxy) is 2. The Morgan fingerprint density at radius 1 is 0.976 bits per heavy atom. The van der Waals surface area contributed by atoms with Crippen LogP contribution in [0.5, 0.6) is 11.5 Å². The minimum Gasteiger partial charge on any atom is -0.490 e. The number of halogens is 4. The first-order valence-corrected chi connectivity index (χ1v) is 14.9. The number of nitrogens with one attached hydrogen (secondary N) is 1. The lowest BCUT2D eigenvalue weighted by atomic mass is 9.93. The first-order chi connectivity index (χ1) is 20.3. The summed E-state index contributed by atoms with van der Waals surface area (Å²) >= 11 is 24.8. The van der Waals surface area contributed by atoms with E-state index in [4.69, 9.17) is 65.8 Å². The lowest BCUT2D eigenvalue weighted by Gasteiger charge is -2.28. The minimum absolute atomic E-state index is 0.0490. The van der Waals surface area contributed by atoms with Gasteiger partial charge in [0.05, 0.1) is 15.1 Å². The highest BCUT2D eigenvalue weighted by Crippen LogP contribution is 2.35. The van der Waals surface area contributed by atoms with Gasteiger partial charge in [-0.25, -0.2) is 0 Å². The molecule has 0 spiro atoms. The van der Waals surface area contributed by atoms with Crippen molar-refractivity contribution in [2.24, 2.45) is 0 Å². The largest absolute Gasteiger partial charge is 0.490 e. The second-order valence-corrected chi connectivity index (χ2v) is 11.3. The van der Waals surface area contributed by atoms with Crippen LogP contribution in [0, 0.1) is 0 Å². The number of carboxylic acid groups (broad SMARTS) is 1. The monoisotopic (exact) mass is 650 g/mol. The van der Waals surface area contributed by atoms with Crippen molar-refractivity contribution in [2.75, 3.05) is 26.3 Å². The molecular formula is C31H30Cl4N2O5. The third kappa shape index (κ3) is 8.55. The maximum atomic E-state index is 13.9. The van der Waals surface area contributed by atoms with Crippen LogP contribution in [0.2, 0.25) is 20.1 Å². The van der Waals surface area contributed by atoms with Crippen LogP contribution in [0.3, 0.4) is 0 Å². The smallest absolute Gasteiger partial charge is 0.290 e. The van der Waals surface area contributed by atoms with E-state index >= 15 is 0 Å². The molecule has 11 heteroatoms. The van der Waals surface area contributed by atoms with Crippen LogP contribution in [0.4, 0.5) is 0 Å². The molecule has 0 unspecified atom stereocenters. The van der Waals surface area contributed by atoms with Crippen molar-refractivity contribution in [3.63, 3.8) is 0 Å². The van der Waals surface area contributed by atoms with Crippen molar-refractivity contribution in [1.82, 2.24) is 10.2 Å². The molecule has 3 aromatic carbocycles. The van der Waals surface area contributed by atoms with Gasteiger partial charge in [-0.2, -0.15) is 0 Å². The van der Waals surface area contributed by atoms with Gasteiger partial charge in [0.1, 0.15) is 24.7 Å². The van der Waals surface area contributed by atoms with Gasteiger partial charge >= 0.3 is 0 Å². The molecule has 0 atom stereocenters. The molecule has 5 rings (SSSR count). The Balaban J connectivity index is 0.00000129. The predicted octanol–water partition coefficient (Wildman–Crippen LogP) is 7.40. The Morgan fingerprint density at radius 2 is 1.69 bits per heavy atom. The van der Waals surface area contributed by atoms with E-state index < -0.39 is 0 Å². The van der Waals surface area contributed by atoms with Crippen LogP contribution in [0.1, 0.15) is 30.4 Å². The summed E-state index contributed by atoms with van der Waals surface area (Å²) in [6.07, 6.45) is 2.77. The van der Waals surface area contributed by atoms with Gasteiger partial charge < -0.3 is 24.8 Å². The van der Waals surface area contributed by atoms with E-state index in [0.29, 0.717) is 52.1 Å². The van der Waals surface area contributed by atoms with E-state index in [1.807, 2.05) is 41.3 Å². The zero-order valence-corrected chi connectivity index (χ0v) is 25.6. The molecule has 1 saturated carbocycles. The number of amides is 1. The maximum absolute atomic E-state index is 13.9. The minimum atomic E-state index is -0.250. The molecule has 0 saturated heterocycles. The molecule has 1 aliphatic heterocycles. The Labute approximate surface area is 264 Å². The second kappa shape index (κ2) is 15.5. The van der Waals surface area contributed by atoms with E-state index in [1.165, 1.54) is 0 Å². The predicted molar refractivity (Wildman–Crippen MR) is 167 cm³/mol. The topological polar surface area (TPSA) is 88.1 Å². The number of benzene rings is 3. The molecule has 42 heavy (non-hydrogen) atoms. The van der Waals surface area contributed by atoms with Gasteiger partial charge in [0, 0.05) is 35.8 Å². The Bertz CT molecular complexity index is 1430.